The van der Waals surface area contributed by atoms with Crippen molar-refractivity contribution in [3.8, 4) is 0 Å². The van der Waals surface area contributed by atoms with Crippen molar-refractivity contribution < 1.29 is 0 Å². The van der Waals surface area contributed by atoms with Gasteiger partial charge in [0.2, 0.25) is 0 Å². The maximum Gasteiger partial charge on any atom is 0.00684 e. The van der Waals surface area contributed by atoms with Gasteiger partial charge in [-0.1, -0.05) is 26.2 Å². The van der Waals surface area contributed by atoms with Crippen LogP contribution in [-0.4, -0.2) is 37.1 Å². The van der Waals surface area contributed by atoms with E-state index in [9.17, 15) is 0 Å². The van der Waals surface area contributed by atoms with E-state index in [2.05, 4.69) is 17.1 Å². The second kappa shape index (κ2) is 6.79. The minimum Gasteiger partial charge on any atom is -0.313 e. The van der Waals surface area contributed by atoms with Crippen molar-refractivity contribution in [2.45, 2.75) is 77.2 Å². The number of likely N-dealkylation sites (tertiary alicyclic amines) is 1. The summed E-state index contributed by atoms with van der Waals surface area (Å²) in [5.41, 5.74) is 0.620. The lowest BCUT2D eigenvalue weighted by atomic mass is 9.85. The molecule has 3 aliphatic rings. The Morgan fingerprint density at radius 3 is 2.50 bits per heavy atom. The maximum absolute atomic E-state index is 3.84. The zero-order valence-electron chi connectivity index (χ0n) is 13.5. The van der Waals surface area contributed by atoms with Crippen LogP contribution in [0.1, 0.15) is 71.1 Å². The Labute approximate surface area is 125 Å². The zero-order valence-corrected chi connectivity index (χ0v) is 13.5. The molecule has 20 heavy (non-hydrogen) atoms. The fourth-order valence-electron chi connectivity index (χ4n) is 4.43. The van der Waals surface area contributed by atoms with Crippen molar-refractivity contribution in [1.29, 1.82) is 0 Å². The molecule has 2 heteroatoms. The van der Waals surface area contributed by atoms with Gasteiger partial charge >= 0.3 is 0 Å². The van der Waals surface area contributed by atoms with Crippen LogP contribution in [0.25, 0.3) is 0 Å². The molecule has 3 rings (SSSR count). The smallest absolute Gasteiger partial charge is 0.00684 e. The Morgan fingerprint density at radius 2 is 1.80 bits per heavy atom. The molecule has 2 nitrogen and oxygen atoms in total. The van der Waals surface area contributed by atoms with Gasteiger partial charge in [-0.25, -0.2) is 0 Å². The second-order valence-electron chi connectivity index (χ2n) is 7.84. The van der Waals surface area contributed by atoms with E-state index in [-0.39, 0.29) is 0 Å². The highest BCUT2D eigenvalue weighted by Crippen LogP contribution is 2.39. The summed E-state index contributed by atoms with van der Waals surface area (Å²) in [6.07, 6.45) is 14.5. The van der Waals surface area contributed by atoms with E-state index in [1.807, 2.05) is 0 Å². The summed E-state index contributed by atoms with van der Waals surface area (Å²) >= 11 is 0. The van der Waals surface area contributed by atoms with E-state index >= 15 is 0 Å². The van der Waals surface area contributed by atoms with Gasteiger partial charge in [-0.3, -0.25) is 0 Å². The quantitative estimate of drug-likeness (QED) is 0.795. The SMILES string of the molecule is CCC1CCCN(CC2(CNC3CC3)CCCC2)CC1. The molecule has 1 atom stereocenters. The number of nitrogens with one attached hydrogen (secondary N) is 1. The van der Waals surface area contributed by atoms with E-state index in [1.165, 1.54) is 90.4 Å². The molecular formula is C18H34N2. The predicted octanol–water partition coefficient (Wildman–Crippen LogP) is 3.81. The molecule has 2 aliphatic carbocycles. The minimum atomic E-state index is 0.620. The van der Waals surface area contributed by atoms with Crippen LogP contribution < -0.4 is 5.32 Å². The van der Waals surface area contributed by atoms with Crippen LogP contribution >= 0.6 is 0 Å². The van der Waals surface area contributed by atoms with Gasteiger partial charge in [0.05, 0.1) is 0 Å². The molecule has 1 N–H and O–H groups in total. The van der Waals surface area contributed by atoms with Crippen LogP contribution in [0.3, 0.4) is 0 Å². The molecule has 0 spiro atoms. The lowest BCUT2D eigenvalue weighted by Crippen LogP contribution is -2.43. The van der Waals surface area contributed by atoms with Crippen molar-refractivity contribution in [3.63, 3.8) is 0 Å². The van der Waals surface area contributed by atoms with E-state index < -0.39 is 0 Å². The first-order chi connectivity index (χ1) is 9.80. The highest BCUT2D eigenvalue weighted by molar-refractivity contribution is 4.93. The lowest BCUT2D eigenvalue weighted by molar-refractivity contribution is 0.150. The molecule has 1 aliphatic heterocycles. The Kier molecular flexibility index (Phi) is 5.04. The lowest BCUT2D eigenvalue weighted by Gasteiger charge is -2.35. The summed E-state index contributed by atoms with van der Waals surface area (Å²) in [4.78, 5) is 2.82. The third kappa shape index (κ3) is 3.98. The maximum atomic E-state index is 3.84. The fourth-order valence-corrected chi connectivity index (χ4v) is 4.43. The highest BCUT2D eigenvalue weighted by atomic mass is 15.1. The minimum absolute atomic E-state index is 0.620. The Bertz CT molecular complexity index is 292. The van der Waals surface area contributed by atoms with Crippen LogP contribution in [-0.2, 0) is 0 Å². The topological polar surface area (TPSA) is 15.3 Å². The van der Waals surface area contributed by atoms with Gasteiger partial charge in [-0.2, -0.15) is 0 Å². The van der Waals surface area contributed by atoms with Crippen LogP contribution in [0.2, 0.25) is 0 Å². The van der Waals surface area contributed by atoms with Crippen molar-refractivity contribution in [2.75, 3.05) is 26.2 Å². The van der Waals surface area contributed by atoms with E-state index in [0.29, 0.717) is 5.41 Å². The van der Waals surface area contributed by atoms with E-state index in [0.717, 1.165) is 12.0 Å². The number of nitrogens with zero attached hydrogens (tertiary/aromatic N) is 1. The van der Waals surface area contributed by atoms with Crippen molar-refractivity contribution >= 4 is 0 Å². The molecule has 1 heterocycles. The van der Waals surface area contributed by atoms with Gasteiger partial charge in [-0.15, -0.1) is 0 Å². The monoisotopic (exact) mass is 278 g/mol. The van der Waals surface area contributed by atoms with Gasteiger partial charge in [0.1, 0.15) is 0 Å². The van der Waals surface area contributed by atoms with Gasteiger partial charge in [-0.05, 0) is 69.4 Å². The molecule has 0 aromatic rings. The Balaban J connectivity index is 1.52. The van der Waals surface area contributed by atoms with Crippen LogP contribution in [0.15, 0.2) is 0 Å². The van der Waals surface area contributed by atoms with Crippen LogP contribution in [0.5, 0.6) is 0 Å². The summed E-state index contributed by atoms with van der Waals surface area (Å²) in [7, 11) is 0. The third-order valence-electron chi connectivity index (χ3n) is 6.08. The average molecular weight is 278 g/mol. The first-order valence-corrected chi connectivity index (χ1v) is 9.25. The largest absolute Gasteiger partial charge is 0.313 e. The summed E-state index contributed by atoms with van der Waals surface area (Å²) < 4.78 is 0. The summed E-state index contributed by atoms with van der Waals surface area (Å²) in [6.45, 7) is 7.78. The molecule has 116 valence electrons. The highest BCUT2D eigenvalue weighted by Gasteiger charge is 2.37. The Morgan fingerprint density at radius 1 is 1.00 bits per heavy atom. The van der Waals surface area contributed by atoms with Gasteiger partial charge in [0.25, 0.3) is 0 Å². The number of hydrogen-bond donors (Lipinski definition) is 1. The van der Waals surface area contributed by atoms with Crippen molar-refractivity contribution in [2.24, 2.45) is 11.3 Å². The first-order valence-electron chi connectivity index (χ1n) is 9.25. The molecule has 0 radical (unpaired) electrons. The van der Waals surface area contributed by atoms with Crippen molar-refractivity contribution in [1.82, 2.24) is 10.2 Å². The normalized spacial score (nSPS) is 31.4. The Hall–Kier alpha value is -0.0800. The molecule has 0 aromatic heterocycles. The molecule has 3 fully saturated rings. The molecule has 0 bridgehead atoms. The standard InChI is InChI=1S/C18H34N2/c1-2-16-6-5-12-20(13-9-16)15-18(10-3-4-11-18)14-19-17-7-8-17/h16-17,19H,2-15H2,1H3. The summed E-state index contributed by atoms with van der Waals surface area (Å²) in [5.74, 6) is 1.00. The molecule has 1 saturated heterocycles. The van der Waals surface area contributed by atoms with Crippen molar-refractivity contribution in [3.05, 3.63) is 0 Å². The average Bonchev–Trinajstić information content (AvgIpc) is 3.22. The first kappa shape index (κ1) is 14.8. The molecule has 0 amide bonds. The van der Waals surface area contributed by atoms with Gasteiger partial charge in [0, 0.05) is 19.1 Å². The second-order valence-corrected chi connectivity index (χ2v) is 7.84. The molecule has 0 aromatic carbocycles. The zero-order chi connectivity index (χ0) is 13.8. The molecule has 2 saturated carbocycles. The van der Waals surface area contributed by atoms with E-state index in [1.54, 1.807) is 0 Å². The van der Waals surface area contributed by atoms with Gasteiger partial charge < -0.3 is 10.2 Å². The van der Waals surface area contributed by atoms with Crippen LogP contribution in [0, 0.1) is 11.3 Å². The summed E-state index contributed by atoms with van der Waals surface area (Å²) in [5, 5.41) is 3.84. The predicted molar refractivity (Wildman–Crippen MR) is 86.0 cm³/mol. The fraction of sp³-hybridized carbons (Fsp3) is 1.00. The van der Waals surface area contributed by atoms with Crippen LogP contribution in [0.4, 0.5) is 0 Å². The summed E-state index contributed by atoms with van der Waals surface area (Å²) in [6, 6.07) is 0.876. The molecule has 1 unspecified atom stereocenters. The molecular weight excluding hydrogens is 244 g/mol. The van der Waals surface area contributed by atoms with E-state index in [4.69, 9.17) is 0 Å². The number of rotatable bonds is 6. The van der Waals surface area contributed by atoms with Gasteiger partial charge in [0.15, 0.2) is 0 Å². The third-order valence-corrected chi connectivity index (χ3v) is 6.08. The number of hydrogen-bond acceptors (Lipinski definition) is 2.